The summed E-state index contributed by atoms with van der Waals surface area (Å²) in [4.78, 5) is 5.74. The molecule has 0 bridgehead atoms. The highest BCUT2D eigenvalue weighted by Gasteiger charge is 2.28. The predicted molar refractivity (Wildman–Crippen MR) is 66.6 cm³/mol. The van der Waals surface area contributed by atoms with E-state index in [0.717, 1.165) is 16.4 Å². The Morgan fingerprint density at radius 3 is 2.77 bits per heavy atom. The van der Waals surface area contributed by atoms with Gasteiger partial charge in [0.15, 0.2) is 0 Å². The van der Waals surface area contributed by atoms with E-state index in [1.807, 2.05) is 0 Å². The van der Waals surface area contributed by atoms with Gasteiger partial charge in [-0.3, -0.25) is 0 Å². The number of hydrogen-bond acceptors (Lipinski definition) is 4. The van der Waals surface area contributed by atoms with Crippen molar-refractivity contribution in [1.82, 2.24) is 4.98 Å². The van der Waals surface area contributed by atoms with Gasteiger partial charge in [0.1, 0.15) is 4.83 Å². The molecular formula is C8H7IN2S2. The maximum absolute atomic E-state index is 5.95. The number of nitrogens with two attached hydrogens (primary N) is 1. The first-order chi connectivity index (χ1) is 6.25. The van der Waals surface area contributed by atoms with Crippen LogP contribution in [0.25, 0.3) is 9.53 Å². The Kier molecular flexibility index (Phi) is 1.82. The fraction of sp³-hybridized carbons (Fsp3) is 0.375. The van der Waals surface area contributed by atoms with Gasteiger partial charge in [-0.15, -0.1) is 22.7 Å². The Morgan fingerprint density at radius 2 is 2.15 bits per heavy atom. The summed E-state index contributed by atoms with van der Waals surface area (Å²) < 4.78 is 2.38. The molecular weight excluding hydrogens is 315 g/mol. The van der Waals surface area contributed by atoms with Crippen LogP contribution < -0.4 is 5.73 Å². The normalized spacial score (nSPS) is 17.0. The summed E-state index contributed by atoms with van der Waals surface area (Å²) in [7, 11) is 0. The molecule has 2 N–H and O–H groups in total. The summed E-state index contributed by atoms with van der Waals surface area (Å²) in [5, 5.41) is 1.30. The van der Waals surface area contributed by atoms with Gasteiger partial charge in [-0.1, -0.05) is 0 Å². The van der Waals surface area contributed by atoms with Gasteiger partial charge in [-0.05, 0) is 35.4 Å². The molecule has 0 aliphatic heterocycles. The molecule has 5 heteroatoms. The zero-order valence-electron chi connectivity index (χ0n) is 6.71. The zero-order chi connectivity index (χ0) is 9.00. The number of nitrogens with zero attached hydrogens (tertiary/aromatic N) is 1. The van der Waals surface area contributed by atoms with Gasteiger partial charge in [0.05, 0.1) is 18.3 Å². The number of thiazole rings is 1. The molecule has 2 aromatic rings. The third-order valence-corrected chi connectivity index (χ3v) is 5.69. The van der Waals surface area contributed by atoms with Crippen LogP contribution >= 0.6 is 45.3 Å². The molecule has 1 fully saturated rings. The number of hydrogen-bond donors (Lipinski definition) is 1. The summed E-state index contributed by atoms with van der Waals surface area (Å²) in [6.45, 7) is 0. The highest BCUT2D eigenvalue weighted by Crippen LogP contribution is 2.46. The van der Waals surface area contributed by atoms with Crippen molar-refractivity contribution in [1.29, 1.82) is 0 Å². The number of aromatic nitrogens is 1. The van der Waals surface area contributed by atoms with Crippen LogP contribution in [0.3, 0.4) is 0 Å². The van der Waals surface area contributed by atoms with Gasteiger partial charge >= 0.3 is 0 Å². The number of anilines is 1. The smallest absolute Gasteiger partial charge is 0.137 e. The molecule has 2 aromatic heterocycles. The molecule has 0 aromatic carbocycles. The van der Waals surface area contributed by atoms with Crippen LogP contribution in [0.2, 0.25) is 0 Å². The van der Waals surface area contributed by atoms with Crippen LogP contribution in [-0.2, 0) is 0 Å². The van der Waals surface area contributed by atoms with Crippen molar-refractivity contribution in [2.24, 2.45) is 0 Å². The maximum atomic E-state index is 5.95. The average molecular weight is 322 g/mol. The number of fused-ring (bicyclic) bond motifs is 1. The highest BCUT2D eigenvalue weighted by atomic mass is 127. The fourth-order valence-electron chi connectivity index (χ4n) is 1.30. The molecule has 13 heavy (non-hydrogen) atoms. The second-order valence-electron chi connectivity index (χ2n) is 3.25. The van der Waals surface area contributed by atoms with E-state index in [9.17, 15) is 0 Å². The van der Waals surface area contributed by atoms with Crippen LogP contribution in [-0.4, -0.2) is 4.98 Å². The van der Waals surface area contributed by atoms with E-state index in [1.165, 1.54) is 25.4 Å². The van der Waals surface area contributed by atoms with Crippen LogP contribution in [0.5, 0.6) is 0 Å². The molecule has 0 unspecified atom stereocenters. The number of rotatable bonds is 1. The van der Waals surface area contributed by atoms with Crippen molar-refractivity contribution < 1.29 is 0 Å². The molecule has 1 aliphatic rings. The van der Waals surface area contributed by atoms with E-state index in [0.29, 0.717) is 0 Å². The second-order valence-corrected chi connectivity index (χ2v) is 7.09. The van der Waals surface area contributed by atoms with Crippen LogP contribution in [0.4, 0.5) is 5.69 Å². The largest absolute Gasteiger partial charge is 0.396 e. The van der Waals surface area contributed by atoms with Crippen molar-refractivity contribution in [3.05, 3.63) is 7.89 Å². The Hall–Kier alpha value is 0.120. The maximum Gasteiger partial charge on any atom is 0.137 e. The molecule has 3 rings (SSSR count). The molecule has 0 atom stereocenters. The lowest BCUT2D eigenvalue weighted by molar-refractivity contribution is 1.10. The van der Waals surface area contributed by atoms with Gasteiger partial charge in [0, 0.05) is 5.92 Å². The lowest BCUT2D eigenvalue weighted by Crippen LogP contribution is -1.81. The Morgan fingerprint density at radius 1 is 1.38 bits per heavy atom. The number of halogens is 1. The van der Waals surface area contributed by atoms with Gasteiger partial charge in [0.2, 0.25) is 0 Å². The molecule has 2 heterocycles. The van der Waals surface area contributed by atoms with Crippen LogP contribution in [0, 0.1) is 2.88 Å². The standard InChI is InChI=1S/C8H7IN2S2/c9-6-4(10)5-8(13-6)11-7(12-5)3-1-2-3/h3H,1-2,10H2. The van der Waals surface area contributed by atoms with Crippen molar-refractivity contribution in [3.63, 3.8) is 0 Å². The molecule has 0 spiro atoms. The first-order valence-electron chi connectivity index (χ1n) is 4.10. The molecule has 0 saturated heterocycles. The summed E-state index contributed by atoms with van der Waals surface area (Å²) >= 11 is 5.77. The monoisotopic (exact) mass is 322 g/mol. The molecule has 1 aliphatic carbocycles. The summed E-state index contributed by atoms with van der Waals surface area (Å²) in [5.74, 6) is 0.752. The molecule has 68 valence electrons. The van der Waals surface area contributed by atoms with Crippen LogP contribution in [0.1, 0.15) is 23.8 Å². The van der Waals surface area contributed by atoms with E-state index in [-0.39, 0.29) is 0 Å². The first kappa shape index (κ1) is 8.43. The van der Waals surface area contributed by atoms with Gasteiger partial charge in [0.25, 0.3) is 0 Å². The highest BCUT2D eigenvalue weighted by molar-refractivity contribution is 14.1. The summed E-state index contributed by atoms with van der Waals surface area (Å²) in [5.41, 5.74) is 6.88. The van der Waals surface area contributed by atoms with Gasteiger partial charge < -0.3 is 5.73 Å². The van der Waals surface area contributed by atoms with Gasteiger partial charge in [-0.2, -0.15) is 0 Å². The lowest BCUT2D eigenvalue weighted by Gasteiger charge is -1.86. The topological polar surface area (TPSA) is 38.9 Å². The predicted octanol–water partition coefficient (Wildman–Crippen LogP) is 3.42. The van der Waals surface area contributed by atoms with E-state index in [4.69, 9.17) is 5.73 Å². The van der Waals surface area contributed by atoms with E-state index in [2.05, 4.69) is 27.6 Å². The number of nitrogen functional groups attached to an aromatic ring is 1. The summed E-state index contributed by atoms with van der Waals surface area (Å²) in [6.07, 6.45) is 2.63. The van der Waals surface area contributed by atoms with E-state index in [1.54, 1.807) is 22.7 Å². The molecule has 1 saturated carbocycles. The fourth-order valence-corrected chi connectivity index (χ4v) is 4.57. The second kappa shape index (κ2) is 2.80. The SMILES string of the molecule is Nc1c(I)sc2nc(C3CC3)sc12. The first-order valence-corrected chi connectivity index (χ1v) is 6.81. The molecule has 0 radical (unpaired) electrons. The minimum atomic E-state index is 0.752. The minimum absolute atomic E-state index is 0.752. The Balaban J connectivity index is 2.23. The lowest BCUT2D eigenvalue weighted by atomic mass is 10.5. The summed E-state index contributed by atoms with van der Waals surface area (Å²) in [6, 6.07) is 0. The Labute approximate surface area is 97.3 Å². The minimum Gasteiger partial charge on any atom is -0.396 e. The van der Waals surface area contributed by atoms with Crippen LogP contribution in [0.15, 0.2) is 0 Å². The van der Waals surface area contributed by atoms with E-state index >= 15 is 0 Å². The number of thiophene rings is 1. The van der Waals surface area contributed by atoms with E-state index < -0.39 is 0 Å². The van der Waals surface area contributed by atoms with Crippen molar-refractivity contribution in [3.8, 4) is 0 Å². The van der Waals surface area contributed by atoms with Crippen molar-refractivity contribution in [2.75, 3.05) is 5.73 Å². The molecule has 2 nitrogen and oxygen atoms in total. The zero-order valence-corrected chi connectivity index (χ0v) is 10.5. The third kappa shape index (κ3) is 1.28. The quantitative estimate of drug-likeness (QED) is 0.817. The molecule has 0 amide bonds. The Bertz CT molecular complexity index is 470. The van der Waals surface area contributed by atoms with Crippen molar-refractivity contribution >= 4 is 60.5 Å². The third-order valence-electron chi connectivity index (χ3n) is 2.18. The average Bonchev–Trinajstić information content (AvgIpc) is 2.82. The van der Waals surface area contributed by atoms with Crippen molar-refractivity contribution in [2.45, 2.75) is 18.8 Å². The van der Waals surface area contributed by atoms with Gasteiger partial charge in [-0.25, -0.2) is 4.98 Å².